The molecule has 2 aromatic rings. The fraction of sp³-hybridized carbons (Fsp3) is 0.350. The van der Waals surface area contributed by atoms with E-state index in [9.17, 15) is 4.79 Å². The monoisotopic (exact) mass is 377 g/mol. The molecule has 1 aliphatic heterocycles. The highest BCUT2D eigenvalue weighted by molar-refractivity contribution is 5.85. The number of ether oxygens (including phenoxy) is 3. The number of aryl methyl sites for hydroxylation is 1. The lowest BCUT2D eigenvalue weighted by Gasteiger charge is -2.32. The van der Waals surface area contributed by atoms with Crippen molar-refractivity contribution in [2.24, 2.45) is 0 Å². The van der Waals surface area contributed by atoms with Crippen LogP contribution in [0.5, 0.6) is 5.75 Å². The molecule has 0 spiro atoms. The van der Waals surface area contributed by atoms with Crippen LogP contribution in [0.3, 0.4) is 0 Å². The zero-order valence-electron chi connectivity index (χ0n) is 14.8. The van der Waals surface area contributed by atoms with Gasteiger partial charge in [0.05, 0.1) is 12.7 Å². The van der Waals surface area contributed by atoms with E-state index in [1.165, 1.54) is 11.1 Å². The van der Waals surface area contributed by atoms with Crippen LogP contribution in [-0.4, -0.2) is 43.9 Å². The van der Waals surface area contributed by atoms with Crippen LogP contribution in [-0.2, 0) is 9.47 Å². The smallest absolute Gasteiger partial charge is 0.433 e. The van der Waals surface area contributed by atoms with E-state index in [2.05, 4.69) is 36.1 Å². The largest absolute Gasteiger partial charge is 0.513 e. The maximum absolute atomic E-state index is 11.7. The molecule has 6 heteroatoms. The molecule has 1 unspecified atom stereocenters. The third kappa shape index (κ3) is 6.02. The molecule has 1 heterocycles. The van der Waals surface area contributed by atoms with E-state index in [0.29, 0.717) is 25.5 Å². The Morgan fingerprint density at radius 2 is 1.88 bits per heavy atom. The fourth-order valence-electron chi connectivity index (χ4n) is 2.76. The number of hydrogen-bond donors (Lipinski definition) is 0. The molecule has 0 saturated carbocycles. The zero-order chi connectivity index (χ0) is 17.5. The van der Waals surface area contributed by atoms with E-state index in [1.54, 1.807) is 12.1 Å². The lowest BCUT2D eigenvalue weighted by atomic mass is 10.1. The van der Waals surface area contributed by atoms with Crippen LogP contribution in [0, 0.1) is 6.92 Å². The quantitative estimate of drug-likeness (QED) is 0.582. The Morgan fingerprint density at radius 3 is 2.62 bits per heavy atom. The molecule has 0 aliphatic carbocycles. The van der Waals surface area contributed by atoms with Crippen LogP contribution >= 0.6 is 12.4 Å². The van der Waals surface area contributed by atoms with Crippen LogP contribution in [0.2, 0.25) is 0 Å². The molecule has 0 bridgehead atoms. The van der Waals surface area contributed by atoms with Crippen LogP contribution in [0.1, 0.15) is 17.2 Å². The Hall–Kier alpha value is -2.08. The van der Waals surface area contributed by atoms with Crippen molar-refractivity contribution in [1.82, 2.24) is 4.90 Å². The molecule has 5 nitrogen and oxygen atoms in total. The number of morpholine rings is 1. The van der Waals surface area contributed by atoms with E-state index >= 15 is 0 Å². The number of para-hydroxylation sites is 1. The molecular weight excluding hydrogens is 354 g/mol. The van der Waals surface area contributed by atoms with Crippen LogP contribution < -0.4 is 4.74 Å². The van der Waals surface area contributed by atoms with Crippen molar-refractivity contribution < 1.29 is 19.0 Å². The highest BCUT2D eigenvalue weighted by Crippen LogP contribution is 2.22. The van der Waals surface area contributed by atoms with Gasteiger partial charge in [-0.25, -0.2) is 4.79 Å². The molecule has 1 atom stereocenters. The van der Waals surface area contributed by atoms with E-state index in [1.807, 2.05) is 18.2 Å². The van der Waals surface area contributed by atoms with Crippen LogP contribution in [0.4, 0.5) is 4.79 Å². The van der Waals surface area contributed by atoms with Gasteiger partial charge in [-0.05, 0) is 24.6 Å². The molecule has 2 aromatic carbocycles. The highest BCUT2D eigenvalue weighted by Gasteiger charge is 2.22. The Labute approximate surface area is 160 Å². The number of nitrogens with zero attached hydrogens (tertiary/aromatic N) is 1. The van der Waals surface area contributed by atoms with Gasteiger partial charge in [-0.2, -0.15) is 0 Å². The van der Waals surface area contributed by atoms with Crippen molar-refractivity contribution in [3.8, 4) is 5.75 Å². The molecule has 3 rings (SSSR count). The van der Waals surface area contributed by atoms with Gasteiger partial charge in [-0.15, -0.1) is 12.4 Å². The number of halogens is 1. The summed E-state index contributed by atoms with van der Waals surface area (Å²) in [6, 6.07) is 17.3. The van der Waals surface area contributed by atoms with Crippen molar-refractivity contribution in [1.29, 1.82) is 0 Å². The molecule has 1 fully saturated rings. The van der Waals surface area contributed by atoms with E-state index in [0.717, 1.165) is 13.1 Å². The molecule has 0 radical (unpaired) electrons. The molecule has 1 aliphatic rings. The van der Waals surface area contributed by atoms with Crippen molar-refractivity contribution in [3.63, 3.8) is 0 Å². The van der Waals surface area contributed by atoms with Crippen molar-refractivity contribution in [2.45, 2.75) is 13.0 Å². The van der Waals surface area contributed by atoms with Gasteiger partial charge in [0.25, 0.3) is 0 Å². The summed E-state index contributed by atoms with van der Waals surface area (Å²) in [7, 11) is 0. The fourth-order valence-corrected chi connectivity index (χ4v) is 2.76. The predicted octanol–water partition coefficient (Wildman–Crippen LogP) is 4.01. The lowest BCUT2D eigenvalue weighted by molar-refractivity contribution is -0.0355. The van der Waals surface area contributed by atoms with Crippen LogP contribution in [0.25, 0.3) is 0 Å². The van der Waals surface area contributed by atoms with E-state index in [4.69, 9.17) is 14.2 Å². The minimum absolute atomic E-state index is 0. The molecule has 1 saturated heterocycles. The number of hydrogen-bond acceptors (Lipinski definition) is 5. The number of benzene rings is 2. The number of rotatable bonds is 5. The van der Waals surface area contributed by atoms with Crippen LogP contribution in [0.15, 0.2) is 54.6 Å². The molecule has 0 N–H and O–H groups in total. The topological polar surface area (TPSA) is 48.0 Å². The Kier molecular flexibility index (Phi) is 7.91. The Bertz CT molecular complexity index is 678. The second kappa shape index (κ2) is 10.2. The van der Waals surface area contributed by atoms with Crippen molar-refractivity contribution in [2.75, 3.05) is 32.8 Å². The van der Waals surface area contributed by atoms with Crippen molar-refractivity contribution >= 4 is 18.6 Å². The zero-order valence-corrected chi connectivity index (χ0v) is 15.6. The second-order valence-electron chi connectivity index (χ2n) is 6.08. The average molecular weight is 378 g/mol. The predicted molar refractivity (Wildman–Crippen MR) is 102 cm³/mol. The summed E-state index contributed by atoms with van der Waals surface area (Å²) >= 11 is 0. The normalized spacial score (nSPS) is 17.2. The summed E-state index contributed by atoms with van der Waals surface area (Å²) in [5, 5.41) is 0. The van der Waals surface area contributed by atoms with E-state index < -0.39 is 6.16 Å². The summed E-state index contributed by atoms with van der Waals surface area (Å²) in [6.07, 6.45) is -0.611. The van der Waals surface area contributed by atoms with Gasteiger partial charge < -0.3 is 14.2 Å². The Morgan fingerprint density at radius 1 is 1.15 bits per heavy atom. The Balaban J connectivity index is 0.00000243. The second-order valence-corrected chi connectivity index (χ2v) is 6.08. The highest BCUT2D eigenvalue weighted by atomic mass is 35.5. The van der Waals surface area contributed by atoms with Gasteiger partial charge in [0.15, 0.2) is 0 Å². The molecule has 0 aromatic heterocycles. The van der Waals surface area contributed by atoms with Crippen molar-refractivity contribution in [3.05, 3.63) is 65.7 Å². The molecule has 140 valence electrons. The number of carbonyl (C=O) groups is 1. The van der Waals surface area contributed by atoms with Gasteiger partial charge in [0.1, 0.15) is 12.4 Å². The molecule has 26 heavy (non-hydrogen) atoms. The standard InChI is InChI=1S/C20H23NO4.ClH/c1-16-7-9-17(10-8-16)19-15-21(11-13-23-19)12-14-24-20(22)25-18-5-3-2-4-6-18;/h2-10,19H,11-15H2,1H3;1H. The summed E-state index contributed by atoms with van der Waals surface area (Å²) in [6.45, 7) is 5.33. The first-order valence-corrected chi connectivity index (χ1v) is 8.51. The molecule has 0 amide bonds. The first-order valence-electron chi connectivity index (χ1n) is 8.51. The van der Waals surface area contributed by atoms with Gasteiger partial charge in [0, 0.05) is 19.6 Å². The van der Waals surface area contributed by atoms with Gasteiger partial charge >= 0.3 is 6.16 Å². The van der Waals surface area contributed by atoms with Gasteiger partial charge in [-0.1, -0.05) is 48.0 Å². The van der Waals surface area contributed by atoms with E-state index in [-0.39, 0.29) is 18.5 Å². The molecular formula is C20H24ClNO4. The SMILES string of the molecule is Cc1ccc(C2CN(CCOC(=O)Oc3ccccc3)CCO2)cc1.Cl. The average Bonchev–Trinajstić information content (AvgIpc) is 2.63. The summed E-state index contributed by atoms with van der Waals surface area (Å²) in [5.41, 5.74) is 2.42. The van der Waals surface area contributed by atoms with Gasteiger partial charge in [-0.3, -0.25) is 4.90 Å². The minimum atomic E-state index is -0.672. The summed E-state index contributed by atoms with van der Waals surface area (Å²) < 4.78 is 16.1. The first kappa shape index (κ1) is 20.2. The third-order valence-electron chi connectivity index (χ3n) is 4.17. The first-order chi connectivity index (χ1) is 12.2. The maximum atomic E-state index is 11.7. The third-order valence-corrected chi connectivity index (χ3v) is 4.17. The number of carbonyl (C=O) groups excluding carboxylic acids is 1. The van der Waals surface area contributed by atoms with Gasteiger partial charge in [0.2, 0.25) is 0 Å². The minimum Gasteiger partial charge on any atom is -0.433 e. The maximum Gasteiger partial charge on any atom is 0.513 e. The summed E-state index contributed by atoms with van der Waals surface area (Å²) in [4.78, 5) is 13.9. The lowest BCUT2D eigenvalue weighted by Crippen LogP contribution is -2.40. The summed E-state index contributed by atoms with van der Waals surface area (Å²) in [5.74, 6) is 0.485.